The summed E-state index contributed by atoms with van der Waals surface area (Å²) in [6, 6.07) is 0. The average molecular weight is 287 g/mol. The van der Waals surface area contributed by atoms with Crippen LogP contribution in [-0.4, -0.2) is 28.8 Å². The van der Waals surface area contributed by atoms with Crippen LogP contribution in [0.3, 0.4) is 0 Å². The molecule has 19 heavy (non-hydrogen) atoms. The molecule has 2 heterocycles. The number of nitrogens with zero attached hydrogens (tertiary/aromatic N) is 2. The second-order valence-corrected chi connectivity index (χ2v) is 5.12. The van der Waals surface area contributed by atoms with Crippen molar-refractivity contribution in [3.63, 3.8) is 0 Å². The highest BCUT2D eigenvalue weighted by Crippen LogP contribution is 2.21. The molecular formula is C13H23ClN4O. The smallest absolute Gasteiger partial charge is 0.224 e. The van der Waals surface area contributed by atoms with Crippen LogP contribution in [0, 0.1) is 19.8 Å². The molecular weight excluding hydrogens is 264 g/mol. The summed E-state index contributed by atoms with van der Waals surface area (Å²) in [6.45, 7) is 5.96. The zero-order chi connectivity index (χ0) is 13.1. The average Bonchev–Trinajstić information content (AvgIpc) is 2.57. The Morgan fingerprint density at radius 3 is 2.58 bits per heavy atom. The van der Waals surface area contributed by atoms with Gasteiger partial charge in [0.05, 0.1) is 17.1 Å². The Hall–Kier alpha value is -1.07. The first kappa shape index (κ1) is 16.0. The van der Waals surface area contributed by atoms with Crippen molar-refractivity contribution in [3.8, 4) is 0 Å². The van der Waals surface area contributed by atoms with Crippen molar-refractivity contribution in [1.82, 2.24) is 15.1 Å². The second kappa shape index (κ2) is 6.91. The summed E-state index contributed by atoms with van der Waals surface area (Å²) in [5.41, 5.74) is 2.76. The van der Waals surface area contributed by atoms with Crippen LogP contribution in [0.4, 0.5) is 5.69 Å². The maximum Gasteiger partial charge on any atom is 0.224 e. The molecule has 1 aliphatic rings. The second-order valence-electron chi connectivity index (χ2n) is 5.12. The van der Waals surface area contributed by atoms with Crippen molar-refractivity contribution in [2.45, 2.75) is 33.1 Å². The lowest BCUT2D eigenvalue weighted by atomic mass is 9.94. The highest BCUT2D eigenvalue weighted by Gasteiger charge is 2.18. The van der Waals surface area contributed by atoms with Gasteiger partial charge in [0, 0.05) is 13.5 Å². The lowest BCUT2D eigenvalue weighted by Crippen LogP contribution is -2.30. The third kappa shape index (κ3) is 3.94. The Morgan fingerprint density at radius 2 is 2.05 bits per heavy atom. The number of nitrogens with one attached hydrogen (secondary N) is 2. The van der Waals surface area contributed by atoms with Gasteiger partial charge in [0.25, 0.3) is 0 Å². The van der Waals surface area contributed by atoms with E-state index in [4.69, 9.17) is 0 Å². The molecule has 1 aromatic rings. The molecule has 0 aliphatic carbocycles. The summed E-state index contributed by atoms with van der Waals surface area (Å²) in [6.07, 6.45) is 2.81. The van der Waals surface area contributed by atoms with Gasteiger partial charge in [0.2, 0.25) is 5.91 Å². The minimum atomic E-state index is 0. The molecule has 0 saturated carbocycles. The Bertz CT molecular complexity index is 438. The topological polar surface area (TPSA) is 59.0 Å². The fourth-order valence-corrected chi connectivity index (χ4v) is 2.49. The minimum Gasteiger partial charge on any atom is -0.323 e. The summed E-state index contributed by atoms with van der Waals surface area (Å²) in [7, 11) is 1.89. The van der Waals surface area contributed by atoms with Gasteiger partial charge in [0.15, 0.2) is 0 Å². The molecule has 2 rings (SSSR count). The molecule has 2 N–H and O–H groups in total. The predicted octanol–water partition coefficient (Wildman–Crippen LogP) is 1.79. The fourth-order valence-electron chi connectivity index (χ4n) is 2.49. The summed E-state index contributed by atoms with van der Waals surface area (Å²) in [4.78, 5) is 12.0. The zero-order valence-corrected chi connectivity index (χ0v) is 12.6. The summed E-state index contributed by atoms with van der Waals surface area (Å²) < 4.78 is 1.80. The molecule has 0 aromatic carbocycles. The molecule has 1 saturated heterocycles. The Balaban J connectivity index is 0.00000180. The molecule has 6 heteroatoms. The van der Waals surface area contributed by atoms with Crippen molar-refractivity contribution in [3.05, 3.63) is 11.4 Å². The lowest BCUT2D eigenvalue weighted by molar-refractivity contribution is -0.117. The van der Waals surface area contributed by atoms with Gasteiger partial charge in [-0.2, -0.15) is 5.10 Å². The fraction of sp³-hybridized carbons (Fsp3) is 0.692. The van der Waals surface area contributed by atoms with Crippen LogP contribution in [0.25, 0.3) is 0 Å². The minimum absolute atomic E-state index is 0. The van der Waals surface area contributed by atoms with E-state index >= 15 is 0 Å². The summed E-state index contributed by atoms with van der Waals surface area (Å²) >= 11 is 0. The van der Waals surface area contributed by atoms with Crippen molar-refractivity contribution in [1.29, 1.82) is 0 Å². The van der Waals surface area contributed by atoms with Crippen LogP contribution in [0.5, 0.6) is 0 Å². The van der Waals surface area contributed by atoms with Crippen LogP contribution in [-0.2, 0) is 11.8 Å². The van der Waals surface area contributed by atoms with Gasteiger partial charge >= 0.3 is 0 Å². The van der Waals surface area contributed by atoms with Gasteiger partial charge in [-0.25, -0.2) is 0 Å². The number of aromatic nitrogens is 2. The van der Waals surface area contributed by atoms with Gasteiger partial charge in [-0.05, 0) is 45.7 Å². The van der Waals surface area contributed by atoms with Crippen LogP contribution < -0.4 is 10.6 Å². The summed E-state index contributed by atoms with van der Waals surface area (Å²) in [5, 5.41) is 10.6. The highest BCUT2D eigenvalue weighted by atomic mass is 35.5. The number of rotatable bonds is 3. The van der Waals surface area contributed by atoms with E-state index in [2.05, 4.69) is 15.7 Å². The number of carbonyl (C=O) groups is 1. The molecule has 0 radical (unpaired) electrons. The first-order valence-corrected chi connectivity index (χ1v) is 6.58. The lowest BCUT2D eigenvalue weighted by Gasteiger charge is -2.21. The van der Waals surface area contributed by atoms with E-state index in [1.165, 1.54) is 0 Å². The third-order valence-corrected chi connectivity index (χ3v) is 3.71. The number of amides is 1. The Labute approximate surface area is 120 Å². The van der Waals surface area contributed by atoms with E-state index < -0.39 is 0 Å². The highest BCUT2D eigenvalue weighted by molar-refractivity contribution is 5.92. The van der Waals surface area contributed by atoms with Crippen LogP contribution >= 0.6 is 12.4 Å². The standard InChI is InChI=1S/C13H22N4O.ClH/c1-9-13(10(2)17(3)16-9)15-12(18)8-11-4-6-14-7-5-11;/h11,14H,4-8H2,1-3H3,(H,15,18);1H. The van der Waals surface area contributed by atoms with Gasteiger partial charge in [-0.1, -0.05) is 0 Å². The van der Waals surface area contributed by atoms with E-state index in [9.17, 15) is 4.79 Å². The van der Waals surface area contributed by atoms with Crippen LogP contribution in [0.2, 0.25) is 0 Å². The van der Waals surface area contributed by atoms with Gasteiger partial charge in [-0.15, -0.1) is 12.4 Å². The molecule has 1 aliphatic heterocycles. The Morgan fingerprint density at radius 1 is 1.42 bits per heavy atom. The quantitative estimate of drug-likeness (QED) is 0.891. The summed E-state index contributed by atoms with van der Waals surface area (Å²) in [5.74, 6) is 0.629. The van der Waals surface area contributed by atoms with E-state index in [-0.39, 0.29) is 18.3 Å². The van der Waals surface area contributed by atoms with E-state index in [0.717, 1.165) is 43.0 Å². The SMILES string of the molecule is Cc1nn(C)c(C)c1NC(=O)CC1CCNCC1.Cl. The van der Waals surface area contributed by atoms with Gasteiger partial charge in [-0.3, -0.25) is 9.48 Å². The van der Waals surface area contributed by atoms with E-state index in [1.54, 1.807) is 4.68 Å². The maximum atomic E-state index is 12.0. The van der Waals surface area contributed by atoms with Gasteiger partial charge in [0.1, 0.15) is 0 Å². The molecule has 0 spiro atoms. The van der Waals surface area contributed by atoms with E-state index in [0.29, 0.717) is 12.3 Å². The normalized spacial score (nSPS) is 15.9. The number of halogens is 1. The first-order valence-electron chi connectivity index (χ1n) is 6.58. The number of piperidine rings is 1. The number of carbonyl (C=O) groups excluding carboxylic acids is 1. The molecule has 1 aromatic heterocycles. The van der Waals surface area contributed by atoms with Crippen LogP contribution in [0.15, 0.2) is 0 Å². The molecule has 0 atom stereocenters. The van der Waals surface area contributed by atoms with Crippen molar-refractivity contribution in [2.24, 2.45) is 13.0 Å². The molecule has 5 nitrogen and oxygen atoms in total. The molecule has 1 amide bonds. The third-order valence-electron chi connectivity index (χ3n) is 3.71. The number of aryl methyl sites for hydroxylation is 2. The van der Waals surface area contributed by atoms with E-state index in [1.807, 2.05) is 20.9 Å². The first-order chi connectivity index (χ1) is 8.58. The van der Waals surface area contributed by atoms with Gasteiger partial charge < -0.3 is 10.6 Å². The molecule has 0 unspecified atom stereocenters. The largest absolute Gasteiger partial charge is 0.323 e. The molecule has 0 bridgehead atoms. The van der Waals surface area contributed by atoms with Crippen molar-refractivity contribution >= 4 is 24.0 Å². The Kier molecular flexibility index (Phi) is 5.82. The predicted molar refractivity (Wildman–Crippen MR) is 78.8 cm³/mol. The van der Waals surface area contributed by atoms with Crippen molar-refractivity contribution < 1.29 is 4.79 Å². The number of hydrogen-bond donors (Lipinski definition) is 2. The zero-order valence-electron chi connectivity index (χ0n) is 11.8. The number of hydrogen-bond acceptors (Lipinski definition) is 3. The maximum absolute atomic E-state index is 12.0. The molecule has 108 valence electrons. The molecule has 1 fully saturated rings. The number of anilines is 1. The van der Waals surface area contributed by atoms with Crippen molar-refractivity contribution in [2.75, 3.05) is 18.4 Å². The van der Waals surface area contributed by atoms with Crippen LogP contribution in [0.1, 0.15) is 30.7 Å². The monoisotopic (exact) mass is 286 g/mol.